The molecule has 3 nitrogen and oxygen atoms in total. The summed E-state index contributed by atoms with van der Waals surface area (Å²) in [6.07, 6.45) is 6.24. The van der Waals surface area contributed by atoms with Gasteiger partial charge in [-0.25, -0.2) is 0 Å². The average molecular weight is 201 g/mol. The quantitative estimate of drug-likeness (QED) is 0.642. The summed E-state index contributed by atoms with van der Waals surface area (Å²) in [7, 11) is 0. The Bertz CT molecular complexity index is 549. The second kappa shape index (κ2) is 2.86. The molecule has 1 aromatic carbocycles. The molecule has 2 aromatic rings. The van der Waals surface area contributed by atoms with E-state index in [1.54, 1.807) is 18.5 Å². The summed E-state index contributed by atoms with van der Waals surface area (Å²) in [4.78, 5) is 4.07. The van der Waals surface area contributed by atoms with Crippen LogP contribution in [0, 0.1) is 0 Å². The van der Waals surface area contributed by atoms with E-state index < -0.39 is 0 Å². The van der Waals surface area contributed by atoms with Gasteiger partial charge in [0.1, 0.15) is 0 Å². The minimum absolute atomic E-state index is 0.00644. The van der Waals surface area contributed by atoms with Crippen molar-refractivity contribution in [3.05, 3.63) is 29.6 Å². The number of nitrogens with zero attached hydrogens (tertiary/aromatic N) is 1. The Hall–Kier alpha value is -1.77. The second-order valence-electron chi connectivity index (χ2n) is 3.93. The number of rotatable bonds is 0. The van der Waals surface area contributed by atoms with Crippen LogP contribution in [-0.4, -0.2) is 15.2 Å². The zero-order valence-electron chi connectivity index (χ0n) is 8.20. The Morgan fingerprint density at radius 2 is 1.80 bits per heavy atom. The lowest BCUT2D eigenvalue weighted by molar-refractivity contribution is 0.404. The van der Waals surface area contributed by atoms with Gasteiger partial charge in [0.2, 0.25) is 0 Å². The van der Waals surface area contributed by atoms with Crippen molar-refractivity contribution in [2.75, 3.05) is 0 Å². The molecule has 0 unspecified atom stereocenters. The maximum absolute atomic E-state index is 9.85. The maximum Gasteiger partial charge on any atom is 0.165 e. The Labute approximate surface area is 87.0 Å². The van der Waals surface area contributed by atoms with Crippen LogP contribution in [0.5, 0.6) is 11.5 Å². The SMILES string of the molecule is Oc1c2c(c3cnccc3c1O)CCC2. The fourth-order valence-corrected chi connectivity index (χ4v) is 2.41. The Morgan fingerprint density at radius 1 is 1.00 bits per heavy atom. The Balaban J connectivity index is 2.52. The average Bonchev–Trinajstić information content (AvgIpc) is 2.75. The highest BCUT2D eigenvalue weighted by molar-refractivity contribution is 5.94. The van der Waals surface area contributed by atoms with E-state index in [1.807, 2.05) is 0 Å². The normalized spacial score (nSPS) is 14.4. The van der Waals surface area contributed by atoms with Gasteiger partial charge in [0.25, 0.3) is 0 Å². The minimum Gasteiger partial charge on any atom is -0.504 e. The molecule has 2 N–H and O–H groups in total. The van der Waals surface area contributed by atoms with Gasteiger partial charge in [0, 0.05) is 28.7 Å². The number of benzene rings is 1. The fraction of sp³-hybridized carbons (Fsp3) is 0.250. The van der Waals surface area contributed by atoms with Gasteiger partial charge in [0.05, 0.1) is 0 Å². The van der Waals surface area contributed by atoms with Crippen LogP contribution < -0.4 is 0 Å². The lowest BCUT2D eigenvalue weighted by atomic mass is 10.0. The zero-order chi connectivity index (χ0) is 10.4. The van der Waals surface area contributed by atoms with E-state index in [0.717, 1.165) is 35.8 Å². The first-order chi connectivity index (χ1) is 7.29. The van der Waals surface area contributed by atoms with Crippen LogP contribution in [-0.2, 0) is 12.8 Å². The highest BCUT2D eigenvalue weighted by Gasteiger charge is 2.21. The van der Waals surface area contributed by atoms with Crippen molar-refractivity contribution < 1.29 is 10.2 Å². The molecule has 0 bridgehead atoms. The molecular formula is C12H11NO2. The summed E-state index contributed by atoms with van der Waals surface area (Å²) in [6.45, 7) is 0. The molecule has 1 aliphatic carbocycles. The molecule has 3 rings (SSSR count). The topological polar surface area (TPSA) is 53.4 Å². The van der Waals surface area contributed by atoms with Gasteiger partial charge in [0.15, 0.2) is 11.5 Å². The number of aryl methyl sites for hydroxylation is 1. The monoisotopic (exact) mass is 201 g/mol. The van der Waals surface area contributed by atoms with E-state index in [-0.39, 0.29) is 11.5 Å². The molecule has 0 radical (unpaired) electrons. The van der Waals surface area contributed by atoms with E-state index in [9.17, 15) is 10.2 Å². The van der Waals surface area contributed by atoms with Crippen molar-refractivity contribution in [1.82, 2.24) is 4.98 Å². The van der Waals surface area contributed by atoms with Crippen LogP contribution in [0.4, 0.5) is 0 Å². The van der Waals surface area contributed by atoms with Gasteiger partial charge in [-0.2, -0.15) is 0 Å². The van der Waals surface area contributed by atoms with Crippen LogP contribution >= 0.6 is 0 Å². The molecule has 0 aliphatic heterocycles. The predicted octanol–water partition coefficient (Wildman–Crippen LogP) is 2.13. The molecule has 0 saturated carbocycles. The molecule has 1 heterocycles. The van der Waals surface area contributed by atoms with Crippen LogP contribution in [0.25, 0.3) is 10.8 Å². The lowest BCUT2D eigenvalue weighted by Gasteiger charge is -2.09. The van der Waals surface area contributed by atoms with Gasteiger partial charge in [-0.1, -0.05) is 0 Å². The van der Waals surface area contributed by atoms with Crippen molar-refractivity contribution in [1.29, 1.82) is 0 Å². The Morgan fingerprint density at radius 3 is 2.67 bits per heavy atom. The van der Waals surface area contributed by atoms with Crippen molar-refractivity contribution in [2.45, 2.75) is 19.3 Å². The molecule has 76 valence electrons. The van der Waals surface area contributed by atoms with Gasteiger partial charge in [-0.05, 0) is 30.9 Å². The summed E-state index contributed by atoms with van der Waals surface area (Å²) >= 11 is 0. The number of pyridine rings is 1. The van der Waals surface area contributed by atoms with Gasteiger partial charge < -0.3 is 10.2 Å². The molecule has 0 saturated heterocycles. The number of aromatic nitrogens is 1. The molecule has 15 heavy (non-hydrogen) atoms. The smallest absolute Gasteiger partial charge is 0.165 e. The number of hydrogen-bond acceptors (Lipinski definition) is 3. The van der Waals surface area contributed by atoms with E-state index in [2.05, 4.69) is 4.98 Å². The first-order valence-corrected chi connectivity index (χ1v) is 5.08. The van der Waals surface area contributed by atoms with E-state index in [1.165, 1.54) is 0 Å². The minimum atomic E-state index is -0.00644. The number of aromatic hydroxyl groups is 2. The number of phenolic OH excluding ortho intramolecular Hbond substituents is 2. The first-order valence-electron chi connectivity index (χ1n) is 5.08. The van der Waals surface area contributed by atoms with Crippen LogP contribution in [0.15, 0.2) is 18.5 Å². The molecule has 0 fully saturated rings. The van der Waals surface area contributed by atoms with Crippen LogP contribution in [0.1, 0.15) is 17.5 Å². The lowest BCUT2D eigenvalue weighted by Crippen LogP contribution is -1.88. The number of hydrogen-bond donors (Lipinski definition) is 2. The highest BCUT2D eigenvalue weighted by Crippen LogP contribution is 2.43. The summed E-state index contributed by atoms with van der Waals surface area (Å²) < 4.78 is 0. The van der Waals surface area contributed by atoms with Crippen molar-refractivity contribution in [2.24, 2.45) is 0 Å². The maximum atomic E-state index is 9.85. The van der Waals surface area contributed by atoms with E-state index >= 15 is 0 Å². The third-order valence-electron chi connectivity index (χ3n) is 3.13. The number of phenols is 2. The molecule has 0 atom stereocenters. The van der Waals surface area contributed by atoms with Crippen molar-refractivity contribution in [3.8, 4) is 11.5 Å². The largest absolute Gasteiger partial charge is 0.504 e. The molecule has 1 aromatic heterocycles. The fourth-order valence-electron chi connectivity index (χ4n) is 2.41. The van der Waals surface area contributed by atoms with Crippen LogP contribution in [0.3, 0.4) is 0 Å². The van der Waals surface area contributed by atoms with E-state index in [4.69, 9.17) is 0 Å². The Kier molecular flexibility index (Phi) is 1.63. The molecule has 0 amide bonds. The van der Waals surface area contributed by atoms with Gasteiger partial charge in [-0.3, -0.25) is 4.98 Å². The zero-order valence-corrected chi connectivity index (χ0v) is 8.20. The van der Waals surface area contributed by atoms with Crippen LogP contribution in [0.2, 0.25) is 0 Å². The standard InChI is InChI=1S/C12H11NO2/c14-11-8-3-1-2-7(8)10-6-13-5-4-9(10)12(11)15/h4-6,14-15H,1-3H2. The predicted molar refractivity (Wildman–Crippen MR) is 57.1 cm³/mol. The molecule has 0 spiro atoms. The molecule has 1 aliphatic rings. The number of fused-ring (bicyclic) bond motifs is 3. The highest BCUT2D eigenvalue weighted by atomic mass is 16.3. The second-order valence-corrected chi connectivity index (χ2v) is 3.93. The van der Waals surface area contributed by atoms with Crippen molar-refractivity contribution in [3.63, 3.8) is 0 Å². The van der Waals surface area contributed by atoms with E-state index in [0.29, 0.717) is 5.39 Å². The summed E-state index contributed by atoms with van der Waals surface area (Å²) in [5.41, 5.74) is 2.04. The summed E-state index contributed by atoms with van der Waals surface area (Å²) in [5.74, 6) is 0.0502. The third-order valence-corrected chi connectivity index (χ3v) is 3.13. The van der Waals surface area contributed by atoms with Crippen molar-refractivity contribution >= 4 is 10.8 Å². The third kappa shape index (κ3) is 1.03. The van der Waals surface area contributed by atoms with Gasteiger partial charge >= 0.3 is 0 Å². The van der Waals surface area contributed by atoms with Gasteiger partial charge in [-0.15, -0.1) is 0 Å². The summed E-state index contributed by atoms with van der Waals surface area (Å²) in [5, 5.41) is 21.4. The first kappa shape index (κ1) is 8.53. The summed E-state index contributed by atoms with van der Waals surface area (Å²) in [6, 6.07) is 1.74. The molecular weight excluding hydrogens is 190 g/mol. The molecule has 3 heteroatoms.